The zero-order valence-corrected chi connectivity index (χ0v) is 16.2. The molecule has 8 heteroatoms. The molecule has 0 heterocycles. The van der Waals surface area contributed by atoms with E-state index in [2.05, 4.69) is 10.1 Å². The number of rotatable bonds is 9. The largest absolute Gasteiger partial charge is 0.496 e. The number of carbonyl (C=O) groups is 1. The molecule has 0 saturated carbocycles. The van der Waals surface area contributed by atoms with Crippen molar-refractivity contribution in [2.75, 3.05) is 34.9 Å². The Kier molecular flexibility index (Phi) is 7.57. The molecule has 152 valence electrons. The monoisotopic (exact) mass is 394 g/mol. The number of ether oxygens (including phenoxy) is 3. The lowest BCUT2D eigenvalue weighted by Crippen LogP contribution is -2.34. The summed E-state index contributed by atoms with van der Waals surface area (Å²) in [6.45, 7) is -2.65. The molecule has 6 nitrogen and oxygen atoms in total. The van der Waals surface area contributed by atoms with Crippen molar-refractivity contribution in [1.29, 1.82) is 0 Å². The van der Waals surface area contributed by atoms with Gasteiger partial charge in [-0.05, 0) is 38.4 Å². The highest BCUT2D eigenvalue weighted by atomic mass is 19.3. The van der Waals surface area contributed by atoms with E-state index < -0.39 is 6.61 Å². The van der Waals surface area contributed by atoms with Crippen LogP contribution in [0.1, 0.15) is 22.0 Å². The number of carbonyl (C=O) groups excluding carboxylic acids is 1. The molecule has 0 aliphatic heterocycles. The lowest BCUT2D eigenvalue weighted by Gasteiger charge is -2.26. The quantitative estimate of drug-likeness (QED) is 0.707. The average molecular weight is 394 g/mol. The molecule has 2 rings (SSSR count). The van der Waals surface area contributed by atoms with Gasteiger partial charge in [-0.15, -0.1) is 0 Å². The molecule has 0 saturated heterocycles. The van der Waals surface area contributed by atoms with Gasteiger partial charge in [-0.3, -0.25) is 4.79 Å². The Morgan fingerprint density at radius 3 is 2.32 bits per heavy atom. The number of nitrogens with zero attached hydrogens (tertiary/aromatic N) is 1. The Morgan fingerprint density at radius 1 is 1.04 bits per heavy atom. The zero-order valence-electron chi connectivity index (χ0n) is 16.2. The highest BCUT2D eigenvalue weighted by molar-refractivity contribution is 5.94. The van der Waals surface area contributed by atoms with Crippen LogP contribution in [0.5, 0.6) is 17.2 Å². The molecule has 0 fully saturated rings. The van der Waals surface area contributed by atoms with Gasteiger partial charge in [0.2, 0.25) is 0 Å². The number of para-hydroxylation sites is 1. The lowest BCUT2D eigenvalue weighted by atomic mass is 10.0. The molecule has 2 aromatic rings. The van der Waals surface area contributed by atoms with E-state index in [0.717, 1.165) is 11.3 Å². The van der Waals surface area contributed by atoms with E-state index >= 15 is 0 Å². The highest BCUT2D eigenvalue weighted by Crippen LogP contribution is 2.30. The van der Waals surface area contributed by atoms with E-state index in [1.807, 2.05) is 43.3 Å². The van der Waals surface area contributed by atoms with Crippen LogP contribution in [-0.4, -0.2) is 52.3 Å². The summed E-state index contributed by atoms with van der Waals surface area (Å²) in [5.74, 6) is 0.297. The van der Waals surface area contributed by atoms with Crippen molar-refractivity contribution < 1.29 is 27.8 Å². The number of hydrogen-bond donors (Lipinski definition) is 1. The first-order chi connectivity index (χ1) is 13.4. The minimum absolute atomic E-state index is 0.0573. The third kappa shape index (κ3) is 5.32. The SMILES string of the molecule is COc1cc(C(=O)NCC(c2ccccc2OC)N(C)C)ccc1OC(F)F. The number of alkyl halides is 2. The summed E-state index contributed by atoms with van der Waals surface area (Å²) in [6, 6.07) is 11.5. The fourth-order valence-electron chi connectivity index (χ4n) is 2.81. The average Bonchev–Trinajstić information content (AvgIpc) is 2.67. The molecule has 1 atom stereocenters. The van der Waals surface area contributed by atoms with Gasteiger partial charge in [0.05, 0.1) is 20.3 Å². The van der Waals surface area contributed by atoms with Crippen LogP contribution >= 0.6 is 0 Å². The van der Waals surface area contributed by atoms with E-state index in [4.69, 9.17) is 9.47 Å². The number of methoxy groups -OCH3 is 2. The molecule has 28 heavy (non-hydrogen) atoms. The second-order valence-corrected chi connectivity index (χ2v) is 6.18. The van der Waals surface area contributed by atoms with Crippen molar-refractivity contribution in [2.24, 2.45) is 0 Å². The van der Waals surface area contributed by atoms with Crippen LogP contribution < -0.4 is 19.5 Å². The molecule has 0 bridgehead atoms. The van der Waals surface area contributed by atoms with Crippen LogP contribution in [0.4, 0.5) is 8.78 Å². The molecule has 0 radical (unpaired) electrons. The second kappa shape index (κ2) is 9.89. The van der Waals surface area contributed by atoms with Gasteiger partial charge < -0.3 is 24.4 Å². The number of nitrogens with one attached hydrogen (secondary N) is 1. The predicted molar refractivity (Wildman–Crippen MR) is 101 cm³/mol. The van der Waals surface area contributed by atoms with Crippen LogP contribution in [-0.2, 0) is 0 Å². The van der Waals surface area contributed by atoms with Gasteiger partial charge in [0.15, 0.2) is 11.5 Å². The zero-order chi connectivity index (χ0) is 20.7. The summed E-state index contributed by atoms with van der Waals surface area (Å²) in [5.41, 5.74) is 1.21. The Hall–Kier alpha value is -2.87. The van der Waals surface area contributed by atoms with Crippen LogP contribution in [0.15, 0.2) is 42.5 Å². The summed E-state index contributed by atoms with van der Waals surface area (Å²) < 4.78 is 39.7. The van der Waals surface area contributed by atoms with Gasteiger partial charge >= 0.3 is 6.61 Å². The first-order valence-electron chi connectivity index (χ1n) is 8.57. The Balaban J connectivity index is 2.15. The fourth-order valence-corrected chi connectivity index (χ4v) is 2.81. The Labute approximate surface area is 163 Å². The summed E-state index contributed by atoms with van der Waals surface area (Å²) in [4.78, 5) is 14.5. The van der Waals surface area contributed by atoms with Crippen molar-refractivity contribution in [1.82, 2.24) is 10.2 Å². The first kappa shape index (κ1) is 21.4. The maximum Gasteiger partial charge on any atom is 0.387 e. The first-order valence-corrected chi connectivity index (χ1v) is 8.57. The molecule has 1 N–H and O–H groups in total. The van der Waals surface area contributed by atoms with Crippen LogP contribution in [0.3, 0.4) is 0 Å². The van der Waals surface area contributed by atoms with Gasteiger partial charge in [-0.1, -0.05) is 18.2 Å². The molecule has 0 aliphatic rings. The summed E-state index contributed by atoms with van der Waals surface area (Å²) in [6.07, 6.45) is 0. The third-order valence-corrected chi connectivity index (χ3v) is 4.22. The fraction of sp³-hybridized carbons (Fsp3) is 0.350. The number of halogens is 2. The summed E-state index contributed by atoms with van der Waals surface area (Å²) in [7, 11) is 6.73. The van der Waals surface area contributed by atoms with Gasteiger partial charge in [0, 0.05) is 17.7 Å². The van der Waals surface area contributed by atoms with Crippen LogP contribution in [0, 0.1) is 0 Å². The second-order valence-electron chi connectivity index (χ2n) is 6.18. The van der Waals surface area contributed by atoms with Crippen molar-refractivity contribution in [3.63, 3.8) is 0 Å². The molecular formula is C20H24F2N2O4. The van der Waals surface area contributed by atoms with E-state index in [-0.39, 0.29) is 29.0 Å². The van der Waals surface area contributed by atoms with Gasteiger partial charge in [0.25, 0.3) is 5.91 Å². The van der Waals surface area contributed by atoms with Gasteiger partial charge in [-0.25, -0.2) is 0 Å². The minimum Gasteiger partial charge on any atom is -0.496 e. The van der Waals surface area contributed by atoms with Crippen molar-refractivity contribution in [3.8, 4) is 17.2 Å². The van der Waals surface area contributed by atoms with Crippen LogP contribution in [0.2, 0.25) is 0 Å². The Morgan fingerprint density at radius 2 is 1.71 bits per heavy atom. The molecule has 0 spiro atoms. The normalized spacial score (nSPS) is 12.0. The molecule has 0 aromatic heterocycles. The maximum absolute atomic E-state index is 12.6. The number of hydrogen-bond acceptors (Lipinski definition) is 5. The number of benzene rings is 2. The van der Waals surface area contributed by atoms with E-state index in [0.29, 0.717) is 6.54 Å². The van der Waals surface area contributed by atoms with E-state index in [1.165, 1.54) is 25.3 Å². The van der Waals surface area contributed by atoms with Crippen molar-refractivity contribution >= 4 is 5.91 Å². The molecular weight excluding hydrogens is 370 g/mol. The summed E-state index contributed by atoms with van der Waals surface area (Å²) in [5, 5.41) is 2.86. The Bertz CT molecular complexity index is 800. The molecule has 0 aliphatic carbocycles. The van der Waals surface area contributed by atoms with Crippen molar-refractivity contribution in [2.45, 2.75) is 12.7 Å². The highest BCUT2D eigenvalue weighted by Gasteiger charge is 2.20. The maximum atomic E-state index is 12.6. The van der Waals surface area contributed by atoms with E-state index in [1.54, 1.807) is 7.11 Å². The molecule has 1 amide bonds. The van der Waals surface area contributed by atoms with Gasteiger partial charge in [-0.2, -0.15) is 8.78 Å². The molecule has 2 aromatic carbocycles. The molecule has 1 unspecified atom stereocenters. The standard InChI is InChI=1S/C20H24F2N2O4/c1-24(2)15(14-7-5-6-8-16(14)26-3)12-23-19(25)13-9-10-17(28-20(21)22)18(11-13)27-4/h5-11,15,20H,12H2,1-4H3,(H,23,25). The minimum atomic E-state index is -2.98. The number of likely N-dealkylation sites (N-methyl/N-ethyl adjacent to an activating group) is 1. The topological polar surface area (TPSA) is 60.0 Å². The number of amides is 1. The van der Waals surface area contributed by atoms with E-state index in [9.17, 15) is 13.6 Å². The third-order valence-electron chi connectivity index (χ3n) is 4.22. The van der Waals surface area contributed by atoms with Gasteiger partial charge in [0.1, 0.15) is 5.75 Å². The predicted octanol–water partition coefficient (Wildman–Crippen LogP) is 3.34. The summed E-state index contributed by atoms with van der Waals surface area (Å²) >= 11 is 0. The van der Waals surface area contributed by atoms with Crippen LogP contribution in [0.25, 0.3) is 0 Å². The lowest BCUT2D eigenvalue weighted by molar-refractivity contribution is -0.0512. The van der Waals surface area contributed by atoms with Crippen molar-refractivity contribution in [3.05, 3.63) is 53.6 Å². The smallest absolute Gasteiger partial charge is 0.387 e.